The van der Waals surface area contributed by atoms with Crippen LogP contribution in [-0.4, -0.2) is 0 Å². The number of halogens is 2. The molecule has 0 aliphatic heterocycles. The highest BCUT2D eigenvalue weighted by Gasteiger charge is 2.08. The molecular formula is C17H13F2NS. The van der Waals surface area contributed by atoms with Crippen molar-refractivity contribution in [2.24, 2.45) is 0 Å². The zero-order chi connectivity index (χ0) is 14.7. The molecule has 1 aromatic heterocycles. The molecule has 106 valence electrons. The Morgan fingerprint density at radius 3 is 2.52 bits per heavy atom. The van der Waals surface area contributed by atoms with Crippen molar-refractivity contribution in [2.45, 2.75) is 6.54 Å². The molecule has 21 heavy (non-hydrogen) atoms. The molecule has 0 fully saturated rings. The molecule has 0 saturated carbocycles. The lowest BCUT2D eigenvalue weighted by Gasteiger charge is -2.09. The predicted octanol–water partition coefficient (Wildman–Crippen LogP) is 5.31. The first-order valence-corrected chi connectivity index (χ1v) is 7.43. The first-order valence-electron chi connectivity index (χ1n) is 6.55. The van der Waals surface area contributed by atoms with Crippen LogP contribution >= 0.6 is 11.3 Å². The van der Waals surface area contributed by atoms with Crippen LogP contribution in [0, 0.1) is 11.6 Å². The van der Waals surface area contributed by atoms with Gasteiger partial charge in [0.1, 0.15) is 11.6 Å². The molecule has 3 aromatic rings. The maximum absolute atomic E-state index is 13.9. The van der Waals surface area contributed by atoms with Gasteiger partial charge in [0.25, 0.3) is 0 Å². The number of hydrogen-bond acceptors (Lipinski definition) is 2. The molecule has 0 spiro atoms. The van der Waals surface area contributed by atoms with Crippen LogP contribution in [0.15, 0.2) is 60.0 Å². The van der Waals surface area contributed by atoms with Gasteiger partial charge < -0.3 is 5.32 Å². The Bertz CT molecular complexity index is 738. The molecule has 2 aromatic carbocycles. The summed E-state index contributed by atoms with van der Waals surface area (Å²) in [5, 5.41) is 4.94. The van der Waals surface area contributed by atoms with Gasteiger partial charge in [-0.25, -0.2) is 8.78 Å². The molecule has 0 amide bonds. The molecule has 3 rings (SSSR count). The molecule has 0 saturated heterocycles. The van der Waals surface area contributed by atoms with E-state index in [0.717, 1.165) is 10.4 Å². The molecule has 1 heterocycles. The lowest BCUT2D eigenvalue weighted by molar-refractivity contribution is 0.628. The molecule has 4 heteroatoms. The van der Waals surface area contributed by atoms with E-state index in [1.165, 1.54) is 23.5 Å². The smallest absolute Gasteiger partial charge is 0.146 e. The molecule has 1 nitrogen and oxygen atoms in total. The number of anilines is 1. The van der Waals surface area contributed by atoms with Crippen LogP contribution in [0.4, 0.5) is 14.5 Å². The number of nitrogens with one attached hydrogen (secondary N) is 1. The number of thiophene rings is 1. The van der Waals surface area contributed by atoms with Gasteiger partial charge in [0.05, 0.1) is 5.69 Å². The first-order chi connectivity index (χ1) is 10.2. The van der Waals surface area contributed by atoms with Gasteiger partial charge in [-0.15, -0.1) is 11.3 Å². The quantitative estimate of drug-likeness (QED) is 0.689. The van der Waals surface area contributed by atoms with Crippen molar-refractivity contribution in [1.82, 2.24) is 0 Å². The largest absolute Gasteiger partial charge is 0.379 e. The van der Waals surface area contributed by atoms with Crippen LogP contribution < -0.4 is 5.32 Å². The molecule has 0 atom stereocenters. The van der Waals surface area contributed by atoms with E-state index >= 15 is 0 Å². The summed E-state index contributed by atoms with van der Waals surface area (Å²) in [6.07, 6.45) is 0. The first kappa shape index (κ1) is 13.8. The SMILES string of the molecule is Fc1ccccc1NCc1ccc(F)c(-c2cccs2)c1. The summed E-state index contributed by atoms with van der Waals surface area (Å²) in [5.41, 5.74) is 1.93. The highest BCUT2D eigenvalue weighted by Crippen LogP contribution is 2.28. The molecule has 0 radical (unpaired) electrons. The van der Waals surface area contributed by atoms with Crippen molar-refractivity contribution < 1.29 is 8.78 Å². The summed E-state index contributed by atoms with van der Waals surface area (Å²) < 4.78 is 27.4. The third-order valence-corrected chi connectivity index (χ3v) is 4.08. The summed E-state index contributed by atoms with van der Waals surface area (Å²) in [6, 6.07) is 15.2. The van der Waals surface area contributed by atoms with E-state index in [9.17, 15) is 8.78 Å². The molecule has 1 N–H and O–H groups in total. The Kier molecular flexibility index (Phi) is 3.97. The van der Waals surface area contributed by atoms with Gasteiger partial charge in [-0.1, -0.05) is 24.3 Å². The Morgan fingerprint density at radius 2 is 1.76 bits per heavy atom. The minimum atomic E-state index is -0.293. The number of benzene rings is 2. The molecule has 0 unspecified atom stereocenters. The average Bonchev–Trinajstić information content (AvgIpc) is 3.02. The van der Waals surface area contributed by atoms with Crippen molar-refractivity contribution in [3.63, 3.8) is 0 Å². The monoisotopic (exact) mass is 301 g/mol. The molecule has 0 aliphatic rings. The Labute approximate surface area is 125 Å². The highest BCUT2D eigenvalue weighted by molar-refractivity contribution is 7.13. The van der Waals surface area contributed by atoms with Crippen molar-refractivity contribution in [3.05, 3.63) is 77.2 Å². The van der Waals surface area contributed by atoms with Crippen LogP contribution in [0.5, 0.6) is 0 Å². The molecular weight excluding hydrogens is 288 g/mol. The number of rotatable bonds is 4. The zero-order valence-corrected chi connectivity index (χ0v) is 12.0. The van der Waals surface area contributed by atoms with Gasteiger partial charge >= 0.3 is 0 Å². The fourth-order valence-corrected chi connectivity index (χ4v) is 2.85. The standard InChI is InChI=1S/C17H13F2NS/c18-14-8-7-12(10-13(14)17-6-3-9-21-17)11-20-16-5-2-1-4-15(16)19/h1-10,20H,11H2. The Hall–Kier alpha value is -2.20. The van der Waals surface area contributed by atoms with Crippen LogP contribution in [-0.2, 0) is 6.54 Å². The minimum Gasteiger partial charge on any atom is -0.379 e. The summed E-state index contributed by atoms with van der Waals surface area (Å²) in [6.45, 7) is 0.444. The topological polar surface area (TPSA) is 12.0 Å². The summed E-state index contributed by atoms with van der Waals surface area (Å²) in [7, 11) is 0. The third kappa shape index (κ3) is 3.11. The highest BCUT2D eigenvalue weighted by atomic mass is 32.1. The summed E-state index contributed by atoms with van der Waals surface area (Å²) in [4.78, 5) is 0.889. The van der Waals surface area contributed by atoms with Gasteiger partial charge in [-0.3, -0.25) is 0 Å². The van der Waals surface area contributed by atoms with Crippen LogP contribution in [0.1, 0.15) is 5.56 Å². The van der Waals surface area contributed by atoms with Crippen LogP contribution in [0.2, 0.25) is 0 Å². The minimum absolute atomic E-state index is 0.243. The third-order valence-electron chi connectivity index (χ3n) is 3.17. The molecule has 0 aliphatic carbocycles. The zero-order valence-electron chi connectivity index (χ0n) is 11.1. The van der Waals surface area contributed by atoms with Gasteiger partial charge in [-0.2, -0.15) is 0 Å². The number of hydrogen-bond donors (Lipinski definition) is 1. The Balaban J connectivity index is 1.81. The van der Waals surface area contributed by atoms with Gasteiger partial charge in [0, 0.05) is 17.0 Å². The van der Waals surface area contributed by atoms with Gasteiger partial charge in [-0.05, 0) is 41.3 Å². The number of para-hydroxylation sites is 1. The maximum Gasteiger partial charge on any atom is 0.146 e. The van der Waals surface area contributed by atoms with Crippen molar-refractivity contribution in [2.75, 3.05) is 5.32 Å². The van der Waals surface area contributed by atoms with Crippen molar-refractivity contribution >= 4 is 17.0 Å². The van der Waals surface area contributed by atoms with E-state index in [0.29, 0.717) is 17.8 Å². The summed E-state index contributed by atoms with van der Waals surface area (Å²) in [5.74, 6) is -0.537. The normalized spacial score (nSPS) is 10.6. The van der Waals surface area contributed by atoms with E-state index in [4.69, 9.17) is 0 Å². The van der Waals surface area contributed by atoms with Crippen molar-refractivity contribution in [1.29, 1.82) is 0 Å². The second kappa shape index (κ2) is 6.06. The average molecular weight is 301 g/mol. The van der Waals surface area contributed by atoms with Gasteiger partial charge in [0.2, 0.25) is 0 Å². The fraction of sp³-hybridized carbons (Fsp3) is 0.0588. The lowest BCUT2D eigenvalue weighted by atomic mass is 10.1. The van der Waals surface area contributed by atoms with E-state index in [2.05, 4.69) is 5.32 Å². The van der Waals surface area contributed by atoms with Crippen LogP contribution in [0.3, 0.4) is 0 Å². The summed E-state index contributed by atoms with van der Waals surface area (Å²) >= 11 is 1.50. The van der Waals surface area contributed by atoms with Crippen LogP contribution in [0.25, 0.3) is 10.4 Å². The second-order valence-electron chi connectivity index (χ2n) is 4.62. The van der Waals surface area contributed by atoms with E-state index < -0.39 is 0 Å². The van der Waals surface area contributed by atoms with E-state index in [-0.39, 0.29) is 11.6 Å². The molecule has 0 bridgehead atoms. The second-order valence-corrected chi connectivity index (χ2v) is 5.57. The lowest BCUT2D eigenvalue weighted by Crippen LogP contribution is -2.01. The van der Waals surface area contributed by atoms with E-state index in [1.807, 2.05) is 17.5 Å². The maximum atomic E-state index is 13.9. The van der Waals surface area contributed by atoms with Gasteiger partial charge in [0.15, 0.2) is 0 Å². The fourth-order valence-electron chi connectivity index (χ4n) is 2.10. The Morgan fingerprint density at radius 1 is 0.905 bits per heavy atom. The predicted molar refractivity (Wildman–Crippen MR) is 83.4 cm³/mol. The van der Waals surface area contributed by atoms with Crippen molar-refractivity contribution in [3.8, 4) is 10.4 Å². The van der Waals surface area contributed by atoms with E-state index in [1.54, 1.807) is 30.3 Å².